The van der Waals surface area contributed by atoms with Crippen LogP contribution in [0, 0.1) is 0 Å². The molecule has 6 atom stereocenters. The fourth-order valence-electron chi connectivity index (χ4n) is 2.62. The quantitative estimate of drug-likeness (QED) is 0.130. The van der Waals surface area contributed by atoms with E-state index in [9.17, 15) is 24.2 Å². The molecule has 0 bridgehead atoms. The van der Waals surface area contributed by atoms with Gasteiger partial charge < -0.3 is 30.5 Å². The van der Waals surface area contributed by atoms with Gasteiger partial charge in [-0.1, -0.05) is 24.0 Å². The molecule has 1 fully saturated rings. The molecule has 2 aromatic heterocycles. The third-order valence-electron chi connectivity index (χ3n) is 3.83. The standard InChI is InChI=1S/C11H17N5O9P2S2/c1-29-11-14-8(12)5-9(15-11)16(3-13-5)10-7(18)6(17)4(24-10)2-23-26(19,20)25-27(21,22)28/h3-4,6-7,10,17-18H,2H2,1H3,(H,19,20)(H2,12,14,15)(H2,21,22,28)/t4-,6-,7?,10-/m1/s1. The van der Waals surface area contributed by atoms with E-state index in [-0.39, 0.29) is 17.0 Å². The van der Waals surface area contributed by atoms with Crippen LogP contribution in [-0.2, 0) is 22.7 Å². The van der Waals surface area contributed by atoms with Crippen LogP contribution in [0.3, 0.4) is 0 Å². The number of aliphatic hydroxyl groups excluding tert-OH is 2. The highest BCUT2D eigenvalue weighted by Gasteiger charge is 2.46. The summed E-state index contributed by atoms with van der Waals surface area (Å²) in [5.41, 5.74) is 6.35. The molecule has 0 radical (unpaired) electrons. The van der Waals surface area contributed by atoms with Gasteiger partial charge in [0.2, 0.25) is 0 Å². The van der Waals surface area contributed by atoms with Crippen LogP contribution in [0.5, 0.6) is 0 Å². The molecule has 0 amide bonds. The Morgan fingerprint density at radius 2 is 2.03 bits per heavy atom. The van der Waals surface area contributed by atoms with Gasteiger partial charge in [0.05, 0.1) is 12.9 Å². The van der Waals surface area contributed by atoms with Crippen molar-refractivity contribution < 1.29 is 42.7 Å². The van der Waals surface area contributed by atoms with Gasteiger partial charge >= 0.3 is 14.6 Å². The number of aliphatic hydroxyl groups is 2. The summed E-state index contributed by atoms with van der Waals surface area (Å²) in [6.45, 7) is -5.34. The molecule has 3 unspecified atom stereocenters. The number of hydrogen-bond donors (Lipinski definition) is 6. The molecular formula is C11H17N5O9P2S2. The van der Waals surface area contributed by atoms with Crippen molar-refractivity contribution in [2.75, 3.05) is 18.6 Å². The molecule has 1 saturated heterocycles. The number of rotatable bonds is 7. The first kappa shape index (κ1) is 22.9. The Morgan fingerprint density at radius 3 is 2.66 bits per heavy atom. The Kier molecular flexibility index (Phi) is 6.63. The van der Waals surface area contributed by atoms with Crippen LogP contribution in [0.2, 0.25) is 0 Å². The molecule has 14 nitrogen and oxygen atoms in total. The first-order valence-corrected chi connectivity index (χ1v) is 13.2. The molecule has 6 N–H and O–H groups in total. The van der Waals surface area contributed by atoms with E-state index >= 15 is 0 Å². The molecule has 0 spiro atoms. The number of nitrogen functional groups attached to an aromatic ring is 1. The van der Waals surface area contributed by atoms with Gasteiger partial charge in [0.25, 0.3) is 0 Å². The Hall–Kier alpha value is -0.770. The Labute approximate surface area is 172 Å². The zero-order valence-corrected chi connectivity index (χ0v) is 18.0. The van der Waals surface area contributed by atoms with Crippen LogP contribution in [-0.4, -0.2) is 70.7 Å². The lowest BCUT2D eigenvalue weighted by molar-refractivity contribution is -0.0501. The van der Waals surface area contributed by atoms with Crippen molar-refractivity contribution >= 4 is 55.6 Å². The average Bonchev–Trinajstić information content (AvgIpc) is 3.13. The van der Waals surface area contributed by atoms with E-state index in [1.165, 1.54) is 22.7 Å². The number of ether oxygens (including phenoxy) is 1. The molecule has 0 aromatic carbocycles. The Morgan fingerprint density at radius 1 is 1.34 bits per heavy atom. The third kappa shape index (κ3) is 5.11. The maximum Gasteiger partial charge on any atom is 0.480 e. The van der Waals surface area contributed by atoms with Gasteiger partial charge in [-0.25, -0.2) is 24.1 Å². The fraction of sp³-hybridized carbons (Fsp3) is 0.545. The number of nitrogens with two attached hydrogens (primary N) is 1. The van der Waals surface area contributed by atoms with E-state index in [2.05, 4.69) is 36.0 Å². The molecule has 1 aliphatic rings. The zero-order chi connectivity index (χ0) is 21.6. The number of phosphoric ester groups is 1. The second-order valence-electron chi connectivity index (χ2n) is 5.80. The van der Waals surface area contributed by atoms with Crippen LogP contribution in [0.1, 0.15) is 6.23 Å². The number of imidazole rings is 1. The molecule has 18 heteroatoms. The van der Waals surface area contributed by atoms with Gasteiger partial charge in [-0.2, -0.15) is 4.31 Å². The fourth-order valence-corrected chi connectivity index (χ4v) is 5.41. The third-order valence-corrected chi connectivity index (χ3v) is 7.19. The topological polar surface area (TPSA) is 212 Å². The zero-order valence-electron chi connectivity index (χ0n) is 14.5. The number of hydrogen-bond acceptors (Lipinski definition) is 12. The van der Waals surface area contributed by atoms with Crippen molar-refractivity contribution in [3.63, 3.8) is 0 Å². The largest absolute Gasteiger partial charge is 0.480 e. The predicted octanol–water partition coefficient (Wildman–Crippen LogP) is -0.0866. The summed E-state index contributed by atoms with van der Waals surface area (Å²) in [6, 6.07) is 0. The molecule has 2 aromatic rings. The number of nitrogens with zero attached hydrogens (tertiary/aromatic N) is 4. The highest BCUT2D eigenvalue weighted by atomic mass is 32.7. The summed E-state index contributed by atoms with van der Waals surface area (Å²) in [7, 11) is -4.97. The van der Waals surface area contributed by atoms with Crippen LogP contribution >= 0.6 is 38.6 Å². The van der Waals surface area contributed by atoms with E-state index in [0.717, 1.165) is 0 Å². The lowest BCUT2D eigenvalue weighted by Gasteiger charge is -2.18. The van der Waals surface area contributed by atoms with Gasteiger partial charge in [0, 0.05) is 0 Å². The minimum Gasteiger partial charge on any atom is -0.387 e. The molecule has 3 heterocycles. The highest BCUT2D eigenvalue weighted by Crippen LogP contribution is 2.62. The molecule has 29 heavy (non-hydrogen) atoms. The van der Waals surface area contributed by atoms with Crippen molar-refractivity contribution in [2.45, 2.75) is 29.7 Å². The van der Waals surface area contributed by atoms with E-state index < -0.39 is 45.8 Å². The molecule has 0 aliphatic carbocycles. The van der Waals surface area contributed by atoms with Crippen molar-refractivity contribution in [1.29, 1.82) is 0 Å². The minimum atomic E-state index is -4.97. The molecule has 1 aliphatic heterocycles. The number of anilines is 1. The Balaban J connectivity index is 1.80. The lowest BCUT2D eigenvalue weighted by Crippen LogP contribution is -2.33. The smallest absolute Gasteiger partial charge is 0.387 e. The molecule has 3 rings (SSSR count). The normalized spacial score (nSPS) is 29.0. The number of fused-ring (bicyclic) bond motifs is 1. The van der Waals surface area contributed by atoms with E-state index in [1.54, 1.807) is 6.26 Å². The summed E-state index contributed by atoms with van der Waals surface area (Å²) in [4.78, 5) is 30.7. The first-order valence-electron chi connectivity index (χ1n) is 7.71. The van der Waals surface area contributed by atoms with Gasteiger partial charge in [0.1, 0.15) is 23.8 Å². The summed E-state index contributed by atoms with van der Waals surface area (Å²) in [5.74, 6) is 0.115. The van der Waals surface area contributed by atoms with Gasteiger partial charge in [-0.15, -0.1) is 0 Å². The molecule has 162 valence electrons. The second-order valence-corrected chi connectivity index (χ2v) is 10.9. The van der Waals surface area contributed by atoms with Gasteiger partial charge in [-0.3, -0.25) is 9.09 Å². The highest BCUT2D eigenvalue weighted by molar-refractivity contribution is 8.44. The summed E-state index contributed by atoms with van der Waals surface area (Å²) in [6.07, 6.45) is -2.46. The minimum absolute atomic E-state index is 0.115. The number of phosphoric acid groups is 1. The number of thioether (sulfide) groups is 1. The van der Waals surface area contributed by atoms with Crippen molar-refractivity contribution in [3.05, 3.63) is 6.33 Å². The van der Waals surface area contributed by atoms with Crippen molar-refractivity contribution in [2.24, 2.45) is 0 Å². The van der Waals surface area contributed by atoms with Crippen molar-refractivity contribution in [1.82, 2.24) is 19.5 Å². The van der Waals surface area contributed by atoms with Crippen molar-refractivity contribution in [3.8, 4) is 0 Å². The SMILES string of the molecule is CSc1nc(N)c2ncn([C@@H]3O[C@H](COP(=O)(O)OP(=O)(O)S)[C@@H](O)C3O)c2n1. The summed E-state index contributed by atoms with van der Waals surface area (Å²) in [5, 5.41) is 20.9. The molecular weight excluding hydrogens is 472 g/mol. The number of thiol groups is 1. The summed E-state index contributed by atoms with van der Waals surface area (Å²) >= 11 is 4.35. The van der Waals surface area contributed by atoms with Crippen LogP contribution < -0.4 is 5.73 Å². The van der Waals surface area contributed by atoms with Gasteiger partial charge in [0.15, 0.2) is 22.8 Å². The van der Waals surface area contributed by atoms with Gasteiger partial charge in [-0.05, 0) is 6.26 Å². The van der Waals surface area contributed by atoms with E-state index in [1.807, 2.05) is 0 Å². The monoisotopic (exact) mass is 489 g/mol. The average molecular weight is 489 g/mol. The lowest BCUT2D eigenvalue weighted by atomic mass is 10.1. The maximum absolute atomic E-state index is 11.6. The van der Waals surface area contributed by atoms with E-state index in [4.69, 9.17) is 15.4 Å². The maximum atomic E-state index is 11.6. The Bertz CT molecular complexity index is 1000. The van der Waals surface area contributed by atoms with Crippen LogP contribution in [0.25, 0.3) is 11.2 Å². The van der Waals surface area contributed by atoms with E-state index in [0.29, 0.717) is 5.16 Å². The number of aromatic nitrogens is 4. The first-order chi connectivity index (χ1) is 13.4. The second kappa shape index (κ2) is 8.40. The summed E-state index contributed by atoms with van der Waals surface area (Å²) < 4.78 is 38.0. The van der Waals surface area contributed by atoms with Crippen LogP contribution in [0.15, 0.2) is 11.5 Å². The predicted molar refractivity (Wildman–Crippen MR) is 103 cm³/mol. The molecule has 0 saturated carbocycles. The van der Waals surface area contributed by atoms with Crippen LogP contribution in [0.4, 0.5) is 5.82 Å².